The second-order valence-electron chi connectivity index (χ2n) is 39.1. The van der Waals surface area contributed by atoms with Gasteiger partial charge < -0.3 is 58.0 Å². The number of hydrogen-bond donors (Lipinski definition) is 0. The molecule has 0 rings (SSSR count). The van der Waals surface area contributed by atoms with Crippen molar-refractivity contribution in [2.75, 3.05) is 19.8 Å². The van der Waals surface area contributed by atoms with Gasteiger partial charge >= 0.3 is 0 Å². The molecule has 0 spiro atoms. The predicted molar refractivity (Wildman–Crippen MR) is 522 cm³/mol. The van der Waals surface area contributed by atoms with Crippen LogP contribution in [0.2, 0.25) is 0 Å². The lowest BCUT2D eigenvalue weighted by Crippen LogP contribution is -2.38. The summed E-state index contributed by atoms with van der Waals surface area (Å²) >= 11 is 0. The highest BCUT2D eigenvalue weighted by Crippen LogP contribution is 2.32. The Morgan fingerprint density at radius 1 is 0.243 bits per heavy atom. The van der Waals surface area contributed by atoms with Gasteiger partial charge in [0.2, 0.25) is 0 Å². The summed E-state index contributed by atoms with van der Waals surface area (Å²) in [5.41, 5.74) is 0.112. The first kappa shape index (κ1) is 147. The van der Waals surface area contributed by atoms with Gasteiger partial charge in [-0.2, -0.15) is 0 Å². The standard InChI is InChI=1S/C12H25NO3.C10H20N2O6.C10H21NO3.C9H18N2O6.C9H19NO4.2C9H19NO3.C8H17NO3.C8H18.C7H15NO3/c1-6-11(16-13(14)15)9-12(4,5)8-7-10(2)3;1-7(2)5-6-8(3)10(18-12(15)16)9(4)17-11(13)14;1-4-10(14-11(12)13)8-6-5-7-9(2)3;1-7(2)5-4-6-9(17-11(14)15)8(3)16-10(12)13;1-4-9(14-10(11)12)7-13-6-5-8(2)3;1-8(2)6-4-5-7-9(3)13-10(11)12;1-9(2)7-5-3-4-6-8-13-10(11)12;1-4-8(12-9(10)11)6-5-7(2)3;1-4-5-6-7-8(2)3;1-6(2)4-5-7(3)11-8(9)10/h10-11H,6-9H2,1-5H3;7-10H,5-6H2,1-4H3;9-10H,4-8H2,1-3H3;7-9H,4-6H2,1-3H3;8-9H,4-7H2,1-3H3;8-9H,4-7H2,1-3H3;9H,3-8H2,1-2H3;7-8H,4-6H2,1-3H3;8H,4-7H2,1-3H3;6-7H,4-5H2,1-3H3. The largest absolute Gasteiger partial charge is 0.379 e. The highest BCUT2D eigenvalue weighted by Gasteiger charge is 2.31. The summed E-state index contributed by atoms with van der Waals surface area (Å²) in [6.45, 7) is 66.1. The van der Waals surface area contributed by atoms with Gasteiger partial charge in [-0.05, 0) is 201 Å². The van der Waals surface area contributed by atoms with Crippen molar-refractivity contribution in [1.82, 2.24) is 0 Å². The first-order valence-electron chi connectivity index (χ1n) is 49.4. The highest BCUT2D eigenvalue weighted by molar-refractivity contribution is 4.75. The van der Waals surface area contributed by atoms with Crippen molar-refractivity contribution in [3.05, 3.63) is 111 Å². The van der Waals surface area contributed by atoms with Gasteiger partial charge in [-0.3, -0.25) is 0 Å². The molecule has 0 aromatic carbocycles. The Kier molecular flexibility index (Phi) is 106. The van der Waals surface area contributed by atoms with Crippen LogP contribution in [0.3, 0.4) is 0 Å². The lowest BCUT2D eigenvalue weighted by Gasteiger charge is -2.28. The van der Waals surface area contributed by atoms with Gasteiger partial charge in [-0.1, -0.05) is 309 Å². The van der Waals surface area contributed by atoms with Crippen molar-refractivity contribution in [2.45, 2.75) is 501 Å². The van der Waals surface area contributed by atoms with Crippen LogP contribution >= 0.6 is 0 Å². The zero-order chi connectivity index (χ0) is 108. The Labute approximate surface area is 813 Å². The van der Waals surface area contributed by atoms with E-state index in [4.69, 9.17) is 4.74 Å². The van der Waals surface area contributed by atoms with Crippen molar-refractivity contribution in [2.24, 2.45) is 70.5 Å². The molecule has 0 fully saturated rings. The molecule has 814 valence electrons. The molecular weight excluding hydrogens is 1790 g/mol. The Morgan fingerprint density at radius 3 is 0.919 bits per heavy atom. The molecule has 11 unspecified atom stereocenters. The van der Waals surface area contributed by atoms with Crippen LogP contribution in [0, 0.1) is 182 Å². The molecule has 0 aliphatic carbocycles. The first-order chi connectivity index (χ1) is 62.9. The Hall–Kier alpha value is -8.84. The molecule has 11 atom stereocenters. The van der Waals surface area contributed by atoms with E-state index < -0.39 is 86.5 Å². The summed E-state index contributed by atoms with van der Waals surface area (Å²) in [6.07, 6.45) is 27.4. The lowest BCUT2D eigenvalue weighted by atomic mass is 9.80. The topological polar surface area (TPSA) is 585 Å². The van der Waals surface area contributed by atoms with Crippen molar-refractivity contribution in [3.8, 4) is 0 Å². The third kappa shape index (κ3) is 136. The fraction of sp³-hybridized carbons (Fsp3) is 1.00. The van der Waals surface area contributed by atoms with E-state index in [1.54, 1.807) is 20.8 Å². The van der Waals surface area contributed by atoms with Crippen LogP contribution in [0.4, 0.5) is 0 Å². The SMILES string of the molecule is CC(C)CCC(C)C(O[N+](=O)[O-])C(C)O[N+](=O)[O-].CC(C)CCC(C)O[N+](=O)[O-].CC(C)CCCC(O[N+](=O)[O-])C(C)O[N+](=O)[O-].CC(C)CCCCC(C)O[N+](=O)[O-].CC(C)CCCCCCO[N+](=O)[O-].CCC(CC(C)(C)CCC(C)C)O[N+](=O)[O-].CCC(CCC(C)C)O[N+](=O)[O-].CCC(CCCCC(C)C)O[N+](=O)[O-].CCC(COCCC(C)C)O[N+](=O)[O-].CCCCCC(C)C. The molecule has 45 nitrogen and oxygen atoms in total. The second kappa shape index (κ2) is 97.8. The molecule has 0 saturated carbocycles. The highest BCUT2D eigenvalue weighted by atomic mass is 17.0. The number of rotatable bonds is 72. The molecule has 0 heterocycles. The van der Waals surface area contributed by atoms with Gasteiger partial charge in [-0.25, -0.2) is 0 Å². The molecule has 0 N–H and O–H groups in total. The molecule has 0 aliphatic rings. The fourth-order valence-electron chi connectivity index (χ4n) is 12.0. The molecule has 0 aliphatic heterocycles. The van der Waals surface area contributed by atoms with E-state index >= 15 is 0 Å². The quantitative estimate of drug-likeness (QED) is 0.0310. The minimum absolute atomic E-state index is 0.112. The summed E-state index contributed by atoms with van der Waals surface area (Å²) in [5.74, 6) is 6.24. The maximum absolute atomic E-state index is 10.4. The minimum atomic E-state index is -0.979. The molecule has 136 heavy (non-hydrogen) atoms. The summed E-state index contributed by atoms with van der Waals surface area (Å²) in [5, 5.41) is 102. The third-order valence-corrected chi connectivity index (χ3v) is 20.2. The number of ether oxygens (including phenoxy) is 1. The maximum Gasteiger partial charge on any atom is 0.294 e. The number of hydrogen-bond acceptors (Lipinski definition) is 34. The van der Waals surface area contributed by atoms with E-state index in [9.17, 15) is 111 Å². The fourth-order valence-corrected chi connectivity index (χ4v) is 12.0. The van der Waals surface area contributed by atoms with Crippen LogP contribution in [-0.2, 0) is 58.0 Å². The van der Waals surface area contributed by atoms with Crippen LogP contribution in [-0.4, -0.2) is 137 Å². The summed E-state index contributed by atoms with van der Waals surface area (Å²) < 4.78 is 5.27. The van der Waals surface area contributed by atoms with E-state index in [2.05, 4.69) is 185 Å². The number of unbranched alkanes of at least 4 members (excludes halogenated alkanes) is 7. The van der Waals surface area contributed by atoms with Crippen LogP contribution in [0.5, 0.6) is 0 Å². The van der Waals surface area contributed by atoms with Crippen molar-refractivity contribution in [3.63, 3.8) is 0 Å². The van der Waals surface area contributed by atoms with Gasteiger partial charge in [0.15, 0.2) is 0 Å². The Morgan fingerprint density at radius 2 is 0.551 bits per heavy atom. The van der Waals surface area contributed by atoms with E-state index in [0.29, 0.717) is 106 Å². The molecule has 0 amide bonds. The van der Waals surface area contributed by atoms with Gasteiger partial charge in [-0.15, -0.1) is 111 Å². The Balaban J connectivity index is -0.000000163. The van der Waals surface area contributed by atoms with E-state index in [1.165, 1.54) is 65.2 Å². The van der Waals surface area contributed by atoms with Crippen molar-refractivity contribution >= 4 is 0 Å². The third-order valence-electron chi connectivity index (χ3n) is 20.2. The summed E-state index contributed by atoms with van der Waals surface area (Å²) in [7, 11) is 0. The normalized spacial score (nSPS) is 13.2. The lowest BCUT2D eigenvalue weighted by molar-refractivity contribution is -0.799. The van der Waals surface area contributed by atoms with E-state index in [-0.39, 0.29) is 48.5 Å². The monoisotopic (exact) mass is 1980 g/mol. The predicted octanol–water partition coefficient (Wildman–Crippen LogP) is 26.5. The van der Waals surface area contributed by atoms with Gasteiger partial charge in [0.05, 0.1) is 13.2 Å². The van der Waals surface area contributed by atoms with Crippen LogP contribution in [0.25, 0.3) is 0 Å². The first-order valence-corrected chi connectivity index (χ1v) is 49.4. The average molecular weight is 1980 g/mol. The smallest absolute Gasteiger partial charge is 0.294 e. The zero-order valence-corrected chi connectivity index (χ0v) is 89.6. The average Bonchev–Trinajstić information content (AvgIpc) is 0.897. The molecule has 0 aromatic heterocycles. The maximum atomic E-state index is 10.4. The van der Waals surface area contributed by atoms with E-state index in [0.717, 1.165) is 134 Å². The second-order valence-corrected chi connectivity index (χ2v) is 39.1. The summed E-state index contributed by atoms with van der Waals surface area (Å²) in [6, 6.07) is 0. The molecule has 0 bridgehead atoms. The van der Waals surface area contributed by atoms with Crippen molar-refractivity contribution in [1.29, 1.82) is 0 Å². The molecule has 0 aromatic rings. The molecule has 0 saturated heterocycles. The molecular formula is C91H191N11O34. The molecule has 0 radical (unpaired) electrons. The van der Waals surface area contributed by atoms with Gasteiger partial charge in [0.1, 0.15) is 61.0 Å². The van der Waals surface area contributed by atoms with Gasteiger partial charge in [0.25, 0.3) is 56.0 Å². The van der Waals surface area contributed by atoms with E-state index in [1.807, 2.05) is 55.4 Å². The van der Waals surface area contributed by atoms with Crippen LogP contribution in [0.15, 0.2) is 0 Å². The Bertz CT molecular complexity index is 2830. The molecule has 45 heteroatoms. The minimum Gasteiger partial charge on any atom is -0.379 e. The van der Waals surface area contributed by atoms with Gasteiger partial charge in [0, 0.05) is 6.61 Å². The van der Waals surface area contributed by atoms with Crippen molar-refractivity contribution < 1.29 is 114 Å². The van der Waals surface area contributed by atoms with Crippen LogP contribution in [0.1, 0.15) is 440 Å². The summed E-state index contributed by atoms with van der Waals surface area (Å²) in [4.78, 5) is 159. The van der Waals surface area contributed by atoms with Crippen LogP contribution < -0.4 is 0 Å². The zero-order valence-electron chi connectivity index (χ0n) is 89.6. The number of nitrogens with zero attached hydrogens (tertiary/aromatic N) is 11.